The summed E-state index contributed by atoms with van der Waals surface area (Å²) in [4.78, 5) is 12.1. The third-order valence-electron chi connectivity index (χ3n) is 3.08. The molecule has 0 spiro atoms. The summed E-state index contributed by atoms with van der Waals surface area (Å²) in [7, 11) is 0. The summed E-state index contributed by atoms with van der Waals surface area (Å²) in [6.45, 7) is 7.59. The molecule has 0 aliphatic carbocycles. The first-order chi connectivity index (χ1) is 9.29. The zero-order valence-corrected chi connectivity index (χ0v) is 13.7. The molecule has 0 aromatic heterocycles. The number of benzene rings is 1. The van der Waals surface area contributed by atoms with Crippen LogP contribution in [0.4, 0.5) is 0 Å². The Hall–Kier alpha value is -1.54. The minimum Gasteiger partial charge on any atom is -0.480 e. The van der Waals surface area contributed by atoms with Crippen LogP contribution in [0.2, 0.25) is 0 Å². The predicted octanol–water partition coefficient (Wildman–Crippen LogP) is 3.39. The van der Waals surface area contributed by atoms with E-state index in [4.69, 9.17) is 10.00 Å². The monoisotopic (exact) mass is 338 g/mol. The summed E-state index contributed by atoms with van der Waals surface area (Å²) in [6.07, 6.45) is 0.168. The molecule has 1 N–H and O–H groups in total. The average molecular weight is 339 g/mol. The van der Waals surface area contributed by atoms with Gasteiger partial charge in [-0.3, -0.25) is 4.79 Å². The molecule has 0 saturated heterocycles. The van der Waals surface area contributed by atoms with E-state index in [1.54, 1.807) is 25.1 Å². The van der Waals surface area contributed by atoms with Gasteiger partial charge in [0.1, 0.15) is 11.8 Å². The Morgan fingerprint density at radius 1 is 1.55 bits per heavy atom. The number of amides is 1. The van der Waals surface area contributed by atoms with Crippen LogP contribution in [0.25, 0.3) is 0 Å². The van der Waals surface area contributed by atoms with E-state index in [1.807, 2.05) is 20.8 Å². The van der Waals surface area contributed by atoms with Crippen LogP contribution in [0, 0.1) is 11.3 Å². The number of hydrogen-bond donors (Lipinski definition) is 1. The number of carbonyl (C=O) groups is 1. The number of nitrogens with one attached hydrogen (secondary N) is 1. The second-order valence-corrected chi connectivity index (χ2v) is 6.15. The van der Waals surface area contributed by atoms with Gasteiger partial charge in [-0.15, -0.1) is 0 Å². The predicted molar refractivity (Wildman–Crippen MR) is 81.5 cm³/mol. The SMILES string of the molecule is CCC(C)(C)NC(=O)C(C)Oc1ccc(Br)cc1C#N. The highest BCUT2D eigenvalue weighted by molar-refractivity contribution is 9.10. The molecule has 0 aliphatic heterocycles. The summed E-state index contributed by atoms with van der Waals surface area (Å²) in [6, 6.07) is 7.17. The number of halogens is 1. The van der Waals surface area contributed by atoms with E-state index in [1.165, 1.54) is 0 Å². The number of carbonyl (C=O) groups excluding carboxylic acids is 1. The van der Waals surface area contributed by atoms with E-state index >= 15 is 0 Å². The lowest BCUT2D eigenvalue weighted by molar-refractivity contribution is -0.128. The Labute approximate surface area is 128 Å². The maximum atomic E-state index is 12.1. The summed E-state index contributed by atoms with van der Waals surface area (Å²) in [5.41, 5.74) is 0.126. The van der Waals surface area contributed by atoms with E-state index < -0.39 is 6.10 Å². The molecule has 108 valence electrons. The zero-order chi connectivity index (χ0) is 15.3. The second-order valence-electron chi connectivity index (χ2n) is 5.24. The van der Waals surface area contributed by atoms with Gasteiger partial charge in [-0.1, -0.05) is 22.9 Å². The smallest absolute Gasteiger partial charge is 0.261 e. The molecule has 1 amide bonds. The Morgan fingerprint density at radius 2 is 2.20 bits per heavy atom. The summed E-state index contributed by atoms with van der Waals surface area (Å²) >= 11 is 3.30. The standard InChI is InChI=1S/C15H19BrN2O2/c1-5-15(3,4)18-14(19)10(2)20-13-7-6-12(16)8-11(13)9-17/h6-8,10H,5H2,1-4H3,(H,18,19). The normalized spacial score (nSPS) is 12.4. The first kappa shape index (κ1) is 16.5. The number of nitrogens with zero attached hydrogens (tertiary/aromatic N) is 1. The minimum absolute atomic E-state index is 0.191. The van der Waals surface area contributed by atoms with Crippen LogP contribution < -0.4 is 10.1 Å². The van der Waals surface area contributed by atoms with Crippen LogP contribution >= 0.6 is 15.9 Å². The fraction of sp³-hybridized carbons (Fsp3) is 0.467. The molecular weight excluding hydrogens is 320 g/mol. The maximum absolute atomic E-state index is 12.1. The number of ether oxygens (including phenoxy) is 1. The van der Waals surface area contributed by atoms with Gasteiger partial charge in [-0.25, -0.2) is 0 Å². The summed E-state index contributed by atoms with van der Waals surface area (Å²) in [5.74, 6) is 0.219. The van der Waals surface area contributed by atoms with Crippen LogP contribution in [0.15, 0.2) is 22.7 Å². The quantitative estimate of drug-likeness (QED) is 0.894. The molecule has 1 aromatic carbocycles. The van der Waals surface area contributed by atoms with Crippen molar-refractivity contribution in [2.24, 2.45) is 0 Å². The molecule has 5 heteroatoms. The minimum atomic E-state index is -0.658. The van der Waals surface area contributed by atoms with Crippen LogP contribution in [0.3, 0.4) is 0 Å². The van der Waals surface area contributed by atoms with Crippen molar-refractivity contribution in [3.8, 4) is 11.8 Å². The maximum Gasteiger partial charge on any atom is 0.261 e. The third-order valence-corrected chi connectivity index (χ3v) is 3.57. The van der Waals surface area contributed by atoms with Gasteiger partial charge in [0.15, 0.2) is 6.10 Å². The topological polar surface area (TPSA) is 62.1 Å². The molecule has 0 saturated carbocycles. The zero-order valence-electron chi connectivity index (χ0n) is 12.2. The van der Waals surface area contributed by atoms with Crippen molar-refractivity contribution in [2.75, 3.05) is 0 Å². The molecule has 20 heavy (non-hydrogen) atoms. The van der Waals surface area contributed by atoms with Crippen molar-refractivity contribution < 1.29 is 9.53 Å². The molecular formula is C15H19BrN2O2. The van der Waals surface area contributed by atoms with E-state index in [9.17, 15) is 4.79 Å². The molecule has 4 nitrogen and oxygen atoms in total. The molecule has 0 aliphatic rings. The van der Waals surface area contributed by atoms with Crippen molar-refractivity contribution in [2.45, 2.75) is 45.8 Å². The summed E-state index contributed by atoms with van der Waals surface area (Å²) < 4.78 is 6.39. The lowest BCUT2D eigenvalue weighted by Gasteiger charge is -2.26. The lowest BCUT2D eigenvalue weighted by Crippen LogP contribution is -2.48. The Bertz CT molecular complexity index is 535. The number of rotatable bonds is 5. The van der Waals surface area contributed by atoms with Gasteiger partial charge < -0.3 is 10.1 Å². The van der Waals surface area contributed by atoms with Gasteiger partial charge >= 0.3 is 0 Å². The number of hydrogen-bond acceptors (Lipinski definition) is 3. The largest absolute Gasteiger partial charge is 0.480 e. The van der Waals surface area contributed by atoms with Crippen molar-refractivity contribution in [3.63, 3.8) is 0 Å². The van der Waals surface area contributed by atoms with E-state index in [-0.39, 0.29) is 11.4 Å². The average Bonchev–Trinajstić information content (AvgIpc) is 2.40. The van der Waals surface area contributed by atoms with Crippen molar-refractivity contribution >= 4 is 21.8 Å². The second kappa shape index (κ2) is 6.76. The van der Waals surface area contributed by atoms with Gasteiger partial charge in [0, 0.05) is 10.0 Å². The highest BCUT2D eigenvalue weighted by Crippen LogP contribution is 2.23. The van der Waals surface area contributed by atoms with Gasteiger partial charge in [0.05, 0.1) is 5.56 Å². The molecule has 1 atom stereocenters. The van der Waals surface area contributed by atoms with Crippen LogP contribution in [0.1, 0.15) is 39.7 Å². The first-order valence-corrected chi connectivity index (χ1v) is 7.26. The molecule has 1 aromatic rings. The van der Waals surface area contributed by atoms with E-state index in [2.05, 4.69) is 27.3 Å². The lowest BCUT2D eigenvalue weighted by atomic mass is 10.0. The molecule has 1 rings (SSSR count). The highest BCUT2D eigenvalue weighted by Gasteiger charge is 2.23. The number of nitriles is 1. The van der Waals surface area contributed by atoms with Crippen LogP contribution in [-0.2, 0) is 4.79 Å². The van der Waals surface area contributed by atoms with Gasteiger partial charge in [0.25, 0.3) is 5.91 Å². The molecule has 0 fully saturated rings. The fourth-order valence-corrected chi connectivity index (χ4v) is 1.82. The van der Waals surface area contributed by atoms with Crippen molar-refractivity contribution in [3.05, 3.63) is 28.2 Å². The van der Waals surface area contributed by atoms with Gasteiger partial charge in [-0.2, -0.15) is 5.26 Å². The molecule has 0 heterocycles. The molecule has 0 bridgehead atoms. The Kier molecular flexibility index (Phi) is 5.58. The van der Waals surface area contributed by atoms with Crippen LogP contribution in [-0.4, -0.2) is 17.6 Å². The van der Waals surface area contributed by atoms with Gasteiger partial charge in [-0.05, 0) is 45.4 Å². The third kappa shape index (κ3) is 4.53. The molecule has 0 radical (unpaired) electrons. The molecule has 1 unspecified atom stereocenters. The Balaban J connectivity index is 2.79. The van der Waals surface area contributed by atoms with Gasteiger partial charge in [0.2, 0.25) is 0 Å². The van der Waals surface area contributed by atoms with Crippen molar-refractivity contribution in [1.82, 2.24) is 5.32 Å². The highest BCUT2D eigenvalue weighted by atomic mass is 79.9. The fourth-order valence-electron chi connectivity index (χ4n) is 1.46. The first-order valence-electron chi connectivity index (χ1n) is 6.47. The Morgan fingerprint density at radius 3 is 2.75 bits per heavy atom. The summed E-state index contributed by atoms with van der Waals surface area (Å²) in [5, 5.41) is 12.0. The van der Waals surface area contributed by atoms with Crippen molar-refractivity contribution in [1.29, 1.82) is 5.26 Å². The van der Waals surface area contributed by atoms with E-state index in [0.29, 0.717) is 11.3 Å². The van der Waals surface area contributed by atoms with Crippen LogP contribution in [0.5, 0.6) is 5.75 Å². The van der Waals surface area contributed by atoms with E-state index in [0.717, 1.165) is 10.9 Å².